The molecule has 2 aliphatic rings. The second kappa shape index (κ2) is 6.02. The number of anilines is 1. The van der Waals surface area contributed by atoms with Gasteiger partial charge in [0, 0.05) is 48.9 Å². The van der Waals surface area contributed by atoms with Gasteiger partial charge >= 0.3 is 0 Å². The molecule has 0 aromatic carbocycles. The van der Waals surface area contributed by atoms with Crippen molar-refractivity contribution >= 4 is 11.7 Å². The Morgan fingerprint density at radius 1 is 1.29 bits per heavy atom. The molecule has 1 aliphatic heterocycles. The molecule has 6 nitrogen and oxygen atoms in total. The maximum atomic E-state index is 12.3. The molecule has 1 saturated carbocycles. The minimum absolute atomic E-state index is 0.0862. The predicted octanol–water partition coefficient (Wildman–Crippen LogP) is 2.43. The van der Waals surface area contributed by atoms with Crippen LogP contribution in [0.15, 0.2) is 24.5 Å². The van der Waals surface area contributed by atoms with Crippen LogP contribution in [0.1, 0.15) is 43.6 Å². The summed E-state index contributed by atoms with van der Waals surface area (Å²) < 4.78 is 1.79. The van der Waals surface area contributed by atoms with E-state index in [0.29, 0.717) is 18.4 Å². The lowest BCUT2D eigenvalue weighted by Crippen LogP contribution is -2.33. The molecule has 0 radical (unpaired) electrons. The predicted molar refractivity (Wildman–Crippen MR) is 92.4 cm³/mol. The number of pyridine rings is 1. The van der Waals surface area contributed by atoms with Crippen LogP contribution in [0.4, 0.5) is 5.82 Å². The van der Waals surface area contributed by atoms with E-state index in [1.807, 2.05) is 25.4 Å². The van der Waals surface area contributed by atoms with E-state index in [0.717, 1.165) is 42.8 Å². The zero-order chi connectivity index (χ0) is 16.7. The number of carbonyl (C=O) groups excluding carboxylic acids is 1. The highest BCUT2D eigenvalue weighted by molar-refractivity contribution is 5.95. The number of nitrogens with zero attached hydrogens (tertiary/aromatic N) is 3. The number of nitrogens with one attached hydrogen (secondary N) is 1. The van der Waals surface area contributed by atoms with Crippen LogP contribution in [0.5, 0.6) is 0 Å². The van der Waals surface area contributed by atoms with E-state index in [-0.39, 0.29) is 11.8 Å². The van der Waals surface area contributed by atoms with E-state index in [1.54, 1.807) is 10.9 Å². The van der Waals surface area contributed by atoms with Gasteiger partial charge < -0.3 is 11.1 Å². The van der Waals surface area contributed by atoms with Gasteiger partial charge in [0.2, 0.25) is 5.91 Å². The summed E-state index contributed by atoms with van der Waals surface area (Å²) in [5.74, 6) is 1.63. The first-order valence-corrected chi connectivity index (χ1v) is 8.66. The van der Waals surface area contributed by atoms with Crippen molar-refractivity contribution in [2.24, 2.45) is 18.7 Å². The Morgan fingerprint density at radius 3 is 2.79 bits per heavy atom. The van der Waals surface area contributed by atoms with Gasteiger partial charge in [0.1, 0.15) is 5.82 Å². The number of aromatic nitrogens is 3. The van der Waals surface area contributed by atoms with Gasteiger partial charge in [0.25, 0.3) is 0 Å². The molecule has 3 N–H and O–H groups in total. The summed E-state index contributed by atoms with van der Waals surface area (Å²) in [4.78, 5) is 16.5. The number of aryl methyl sites for hydroxylation is 1. The van der Waals surface area contributed by atoms with Crippen molar-refractivity contribution in [2.45, 2.75) is 44.1 Å². The Bertz CT molecular complexity index is 746. The maximum absolute atomic E-state index is 12.3. The van der Waals surface area contributed by atoms with Gasteiger partial charge in [-0.05, 0) is 43.7 Å². The van der Waals surface area contributed by atoms with E-state index in [4.69, 9.17) is 10.8 Å². The van der Waals surface area contributed by atoms with Crippen LogP contribution in [-0.2, 0) is 11.8 Å². The number of fused-ring (bicyclic) bond motifs is 1. The molecule has 24 heavy (non-hydrogen) atoms. The largest absolute Gasteiger partial charge is 0.328 e. The molecule has 6 heteroatoms. The number of hydrogen-bond donors (Lipinski definition) is 2. The number of carbonyl (C=O) groups is 1. The molecular formula is C18H23N5O. The Morgan fingerprint density at radius 2 is 2.08 bits per heavy atom. The summed E-state index contributed by atoms with van der Waals surface area (Å²) in [6, 6.07) is 4.26. The fraction of sp³-hybridized carbons (Fsp3) is 0.500. The van der Waals surface area contributed by atoms with Crippen molar-refractivity contribution < 1.29 is 4.79 Å². The summed E-state index contributed by atoms with van der Waals surface area (Å²) in [7, 11) is 1.89. The Kier molecular flexibility index (Phi) is 3.84. The first-order valence-electron chi connectivity index (χ1n) is 8.66. The van der Waals surface area contributed by atoms with Crippen molar-refractivity contribution in [3.8, 4) is 11.3 Å². The lowest BCUT2D eigenvalue weighted by atomic mass is 9.72. The molecule has 1 aliphatic carbocycles. The van der Waals surface area contributed by atoms with Crippen LogP contribution in [0.25, 0.3) is 11.3 Å². The molecule has 4 rings (SSSR count). The molecule has 0 saturated heterocycles. The lowest BCUT2D eigenvalue weighted by Gasteiger charge is -2.35. The Balaban J connectivity index is 1.78. The van der Waals surface area contributed by atoms with Crippen LogP contribution < -0.4 is 11.1 Å². The number of hydrogen-bond acceptors (Lipinski definition) is 4. The van der Waals surface area contributed by atoms with Gasteiger partial charge in [0.05, 0.1) is 5.69 Å². The van der Waals surface area contributed by atoms with E-state index in [2.05, 4.69) is 10.3 Å². The third-order valence-corrected chi connectivity index (χ3v) is 5.44. The normalized spacial score (nSPS) is 26.8. The van der Waals surface area contributed by atoms with Crippen LogP contribution in [0, 0.1) is 5.92 Å². The highest BCUT2D eigenvalue weighted by Gasteiger charge is 2.37. The SMILES string of the molecule is Cn1nc(-c2cccnc2)c2c1NC(=O)C[C@H]2C1CCC(N)CC1. The van der Waals surface area contributed by atoms with Gasteiger partial charge in [-0.2, -0.15) is 5.10 Å². The number of amides is 1. The summed E-state index contributed by atoms with van der Waals surface area (Å²) in [6.45, 7) is 0. The van der Waals surface area contributed by atoms with Gasteiger partial charge in [-0.1, -0.05) is 0 Å². The fourth-order valence-electron chi connectivity index (χ4n) is 4.19. The highest BCUT2D eigenvalue weighted by Crippen LogP contribution is 2.46. The highest BCUT2D eigenvalue weighted by atomic mass is 16.1. The summed E-state index contributed by atoms with van der Waals surface area (Å²) in [6.07, 6.45) is 8.39. The molecule has 2 aromatic heterocycles. The second-order valence-electron chi connectivity index (χ2n) is 7.01. The molecule has 1 atom stereocenters. The maximum Gasteiger partial charge on any atom is 0.226 e. The van der Waals surface area contributed by atoms with Gasteiger partial charge in [-0.3, -0.25) is 14.5 Å². The number of nitrogens with two attached hydrogens (primary N) is 1. The Hall–Kier alpha value is -2.21. The average Bonchev–Trinajstić information content (AvgIpc) is 2.93. The standard InChI is InChI=1S/C18H23N5O/c1-23-18-16(17(22-23)12-3-2-8-20-10-12)14(9-15(24)21-18)11-4-6-13(19)7-5-11/h2-3,8,10-11,13-14H,4-7,9,19H2,1H3,(H,21,24)/t11?,13?,14-/m0/s1. The van der Waals surface area contributed by atoms with Crippen LogP contribution in [0.3, 0.4) is 0 Å². The molecule has 2 aromatic rings. The van der Waals surface area contributed by atoms with Crippen molar-refractivity contribution in [1.82, 2.24) is 14.8 Å². The van der Waals surface area contributed by atoms with Crippen molar-refractivity contribution in [3.05, 3.63) is 30.1 Å². The van der Waals surface area contributed by atoms with Crippen molar-refractivity contribution in [2.75, 3.05) is 5.32 Å². The quantitative estimate of drug-likeness (QED) is 0.888. The van der Waals surface area contributed by atoms with Crippen molar-refractivity contribution in [3.63, 3.8) is 0 Å². The van der Waals surface area contributed by atoms with Crippen LogP contribution in [-0.4, -0.2) is 26.7 Å². The van der Waals surface area contributed by atoms with Gasteiger partial charge in [-0.25, -0.2) is 0 Å². The molecule has 0 spiro atoms. The zero-order valence-corrected chi connectivity index (χ0v) is 13.9. The smallest absolute Gasteiger partial charge is 0.226 e. The van der Waals surface area contributed by atoms with Crippen LogP contribution >= 0.6 is 0 Å². The molecular weight excluding hydrogens is 302 g/mol. The molecule has 0 bridgehead atoms. The molecule has 0 unspecified atom stereocenters. The third-order valence-electron chi connectivity index (χ3n) is 5.44. The summed E-state index contributed by atoms with van der Waals surface area (Å²) in [5, 5.41) is 7.71. The minimum Gasteiger partial charge on any atom is -0.328 e. The Labute approximate surface area is 141 Å². The van der Waals surface area contributed by atoms with Crippen LogP contribution in [0.2, 0.25) is 0 Å². The number of rotatable bonds is 2. The lowest BCUT2D eigenvalue weighted by molar-refractivity contribution is -0.117. The summed E-state index contributed by atoms with van der Waals surface area (Å²) >= 11 is 0. The third kappa shape index (κ3) is 2.60. The summed E-state index contributed by atoms with van der Waals surface area (Å²) in [5.41, 5.74) is 9.19. The van der Waals surface area contributed by atoms with E-state index in [9.17, 15) is 4.79 Å². The van der Waals surface area contributed by atoms with E-state index < -0.39 is 0 Å². The van der Waals surface area contributed by atoms with Gasteiger partial charge in [0.15, 0.2) is 0 Å². The second-order valence-corrected chi connectivity index (χ2v) is 7.01. The average molecular weight is 325 g/mol. The molecule has 1 amide bonds. The molecule has 126 valence electrons. The van der Waals surface area contributed by atoms with Gasteiger partial charge in [-0.15, -0.1) is 0 Å². The molecule has 3 heterocycles. The van der Waals surface area contributed by atoms with E-state index in [1.165, 1.54) is 5.56 Å². The first kappa shape index (κ1) is 15.3. The monoisotopic (exact) mass is 325 g/mol. The topological polar surface area (TPSA) is 85.8 Å². The zero-order valence-electron chi connectivity index (χ0n) is 13.9. The first-order chi connectivity index (χ1) is 11.6. The molecule has 1 fully saturated rings. The van der Waals surface area contributed by atoms with E-state index >= 15 is 0 Å². The fourth-order valence-corrected chi connectivity index (χ4v) is 4.19. The minimum atomic E-state index is 0.0862. The van der Waals surface area contributed by atoms with Crippen molar-refractivity contribution in [1.29, 1.82) is 0 Å².